The third-order valence-electron chi connectivity index (χ3n) is 5.24. The lowest BCUT2D eigenvalue weighted by Gasteiger charge is -2.04. The van der Waals surface area contributed by atoms with Crippen LogP contribution in [0.3, 0.4) is 0 Å². The van der Waals surface area contributed by atoms with Crippen LogP contribution in [-0.4, -0.2) is 17.8 Å². The number of nitrogens with zero attached hydrogens (tertiary/aromatic N) is 2. The first-order valence-corrected chi connectivity index (χ1v) is 10.8. The fourth-order valence-electron chi connectivity index (χ4n) is 3.52. The Kier molecular flexibility index (Phi) is 5.17. The van der Waals surface area contributed by atoms with Gasteiger partial charge in [0.25, 0.3) is 0 Å². The Morgan fingerprint density at radius 1 is 1.06 bits per heavy atom. The molecule has 5 rings (SSSR count). The van der Waals surface area contributed by atoms with Crippen molar-refractivity contribution >= 4 is 43.9 Å². The normalized spacial score (nSPS) is 11.8. The molecular formula is C25H19N3O3S. The van der Waals surface area contributed by atoms with Crippen LogP contribution in [0, 0.1) is 0 Å². The van der Waals surface area contributed by atoms with Crippen molar-refractivity contribution < 1.29 is 9.15 Å². The first kappa shape index (κ1) is 20.0. The van der Waals surface area contributed by atoms with Crippen molar-refractivity contribution in [3.63, 3.8) is 0 Å². The van der Waals surface area contributed by atoms with E-state index in [-0.39, 0.29) is 5.63 Å². The van der Waals surface area contributed by atoms with Gasteiger partial charge in [-0.25, -0.2) is 9.78 Å². The second-order valence-electron chi connectivity index (χ2n) is 7.21. The number of fused-ring (bicyclic) bond motifs is 3. The van der Waals surface area contributed by atoms with Crippen LogP contribution in [0.15, 0.2) is 87.2 Å². The average molecular weight is 442 g/mol. The summed E-state index contributed by atoms with van der Waals surface area (Å²) in [5.74, 6) is 0.793. The summed E-state index contributed by atoms with van der Waals surface area (Å²) >= 11 is 1.35. The van der Waals surface area contributed by atoms with Crippen molar-refractivity contribution in [1.29, 1.82) is 0 Å². The van der Waals surface area contributed by atoms with Crippen molar-refractivity contribution in [3.8, 4) is 16.2 Å². The van der Waals surface area contributed by atoms with Crippen molar-refractivity contribution in [1.82, 2.24) is 4.98 Å². The van der Waals surface area contributed by atoms with Gasteiger partial charge in [0, 0.05) is 11.6 Å². The summed E-state index contributed by atoms with van der Waals surface area (Å²) in [6.45, 7) is 1.91. The van der Waals surface area contributed by atoms with Gasteiger partial charge in [-0.2, -0.15) is 5.10 Å². The average Bonchev–Trinajstić information content (AvgIpc) is 3.30. The highest BCUT2D eigenvalue weighted by atomic mass is 32.1. The van der Waals surface area contributed by atoms with Crippen LogP contribution in [0.2, 0.25) is 0 Å². The molecule has 1 N–H and O–H groups in total. The number of anilines is 1. The molecule has 0 unspecified atom stereocenters. The molecule has 158 valence electrons. The van der Waals surface area contributed by atoms with Gasteiger partial charge in [0.1, 0.15) is 11.3 Å². The Hall–Kier alpha value is -3.97. The van der Waals surface area contributed by atoms with Gasteiger partial charge < -0.3 is 9.15 Å². The standard InChI is InChI=1S/C25H19N3O3S/c1-15(16-7-10-18(30-2)11-8-16)27-28-25-26-14-23(32-25)21-13-20-19-6-4-3-5-17(19)9-12-22(20)31-24(21)29/h3-14H,1-2H3,(H,26,28). The number of hydrazone groups is 1. The Bertz CT molecular complexity index is 1520. The van der Waals surface area contributed by atoms with E-state index in [2.05, 4.69) is 15.5 Å². The summed E-state index contributed by atoms with van der Waals surface area (Å²) in [4.78, 5) is 17.7. The summed E-state index contributed by atoms with van der Waals surface area (Å²) in [5, 5.41) is 8.03. The summed E-state index contributed by atoms with van der Waals surface area (Å²) < 4.78 is 10.8. The maximum absolute atomic E-state index is 12.6. The van der Waals surface area contributed by atoms with E-state index in [1.807, 2.05) is 73.7 Å². The van der Waals surface area contributed by atoms with Gasteiger partial charge in [0.05, 0.1) is 23.3 Å². The molecule has 6 nitrogen and oxygen atoms in total. The van der Waals surface area contributed by atoms with Gasteiger partial charge in [0.15, 0.2) is 0 Å². The van der Waals surface area contributed by atoms with Crippen LogP contribution >= 0.6 is 11.3 Å². The van der Waals surface area contributed by atoms with E-state index < -0.39 is 0 Å². The lowest BCUT2D eigenvalue weighted by molar-refractivity contribution is 0.415. The lowest BCUT2D eigenvalue weighted by atomic mass is 10.0. The zero-order valence-electron chi connectivity index (χ0n) is 17.5. The van der Waals surface area contributed by atoms with E-state index in [4.69, 9.17) is 9.15 Å². The van der Waals surface area contributed by atoms with Crippen LogP contribution in [0.5, 0.6) is 5.75 Å². The molecule has 0 fully saturated rings. The highest BCUT2D eigenvalue weighted by Crippen LogP contribution is 2.31. The van der Waals surface area contributed by atoms with E-state index >= 15 is 0 Å². The van der Waals surface area contributed by atoms with Gasteiger partial charge in [-0.3, -0.25) is 5.43 Å². The highest BCUT2D eigenvalue weighted by Gasteiger charge is 2.13. The Morgan fingerprint density at radius 3 is 2.69 bits per heavy atom. The zero-order chi connectivity index (χ0) is 22.1. The highest BCUT2D eigenvalue weighted by molar-refractivity contribution is 7.18. The molecule has 3 aromatic carbocycles. The predicted molar refractivity (Wildman–Crippen MR) is 130 cm³/mol. The molecule has 0 saturated carbocycles. The van der Waals surface area contributed by atoms with E-state index in [1.165, 1.54) is 11.3 Å². The minimum Gasteiger partial charge on any atom is -0.497 e. The van der Waals surface area contributed by atoms with E-state index in [0.29, 0.717) is 21.2 Å². The Morgan fingerprint density at radius 2 is 1.88 bits per heavy atom. The topological polar surface area (TPSA) is 76.7 Å². The van der Waals surface area contributed by atoms with Crippen molar-refractivity contribution in [2.45, 2.75) is 6.92 Å². The number of hydrogen-bond donors (Lipinski definition) is 1. The molecule has 0 atom stereocenters. The van der Waals surface area contributed by atoms with Crippen LogP contribution < -0.4 is 15.8 Å². The van der Waals surface area contributed by atoms with E-state index in [0.717, 1.165) is 33.2 Å². The van der Waals surface area contributed by atoms with E-state index in [1.54, 1.807) is 13.3 Å². The molecule has 7 heteroatoms. The second kappa shape index (κ2) is 8.28. The van der Waals surface area contributed by atoms with Crippen LogP contribution in [0.25, 0.3) is 32.2 Å². The van der Waals surface area contributed by atoms with Crippen molar-refractivity contribution in [2.24, 2.45) is 5.10 Å². The molecule has 0 saturated heterocycles. The molecule has 0 spiro atoms. The van der Waals surface area contributed by atoms with Gasteiger partial charge in [-0.15, -0.1) is 0 Å². The first-order valence-electron chi connectivity index (χ1n) is 9.99. The second-order valence-corrected chi connectivity index (χ2v) is 8.24. The van der Waals surface area contributed by atoms with Crippen molar-refractivity contribution in [2.75, 3.05) is 12.5 Å². The number of ether oxygens (including phenoxy) is 1. The molecule has 0 aliphatic carbocycles. The van der Waals surface area contributed by atoms with Crippen molar-refractivity contribution in [3.05, 3.63) is 88.9 Å². The number of benzene rings is 3. The number of nitrogens with one attached hydrogen (secondary N) is 1. The third-order valence-corrected chi connectivity index (χ3v) is 6.18. The summed E-state index contributed by atoms with van der Waals surface area (Å²) in [6.07, 6.45) is 1.66. The van der Waals surface area contributed by atoms with Gasteiger partial charge in [-0.1, -0.05) is 41.7 Å². The van der Waals surface area contributed by atoms with E-state index in [9.17, 15) is 4.79 Å². The third kappa shape index (κ3) is 3.74. The number of thiazole rings is 1. The number of aromatic nitrogens is 1. The SMILES string of the molecule is COc1ccc(C(C)=NNc2ncc(-c3cc4c(ccc5ccccc54)oc3=O)s2)cc1. The summed E-state index contributed by atoms with van der Waals surface area (Å²) in [5.41, 5.74) is 5.42. The zero-order valence-corrected chi connectivity index (χ0v) is 18.3. The smallest absolute Gasteiger partial charge is 0.345 e. The molecule has 0 amide bonds. The first-order chi connectivity index (χ1) is 15.6. The largest absolute Gasteiger partial charge is 0.497 e. The Labute approximate surface area is 187 Å². The monoisotopic (exact) mass is 441 g/mol. The van der Waals surface area contributed by atoms with Gasteiger partial charge in [-0.05, 0) is 59.7 Å². The number of hydrogen-bond acceptors (Lipinski definition) is 7. The van der Waals surface area contributed by atoms with Gasteiger partial charge >= 0.3 is 5.63 Å². The van der Waals surface area contributed by atoms with Gasteiger partial charge in [0.2, 0.25) is 5.13 Å². The summed E-state index contributed by atoms with van der Waals surface area (Å²) in [6, 6.07) is 21.4. The fraction of sp³-hybridized carbons (Fsp3) is 0.0800. The molecular weight excluding hydrogens is 422 g/mol. The minimum atomic E-state index is -0.388. The molecule has 0 bridgehead atoms. The minimum absolute atomic E-state index is 0.388. The van der Waals surface area contributed by atoms with Crippen LogP contribution in [-0.2, 0) is 0 Å². The quantitative estimate of drug-likeness (QED) is 0.159. The molecule has 0 aliphatic rings. The number of methoxy groups -OCH3 is 1. The summed E-state index contributed by atoms with van der Waals surface area (Å²) in [7, 11) is 1.64. The molecule has 32 heavy (non-hydrogen) atoms. The maximum atomic E-state index is 12.6. The maximum Gasteiger partial charge on any atom is 0.345 e. The molecule has 0 aliphatic heterocycles. The molecule has 2 aromatic heterocycles. The molecule has 2 heterocycles. The van der Waals surface area contributed by atoms with Crippen LogP contribution in [0.1, 0.15) is 12.5 Å². The fourth-order valence-corrected chi connectivity index (χ4v) is 4.28. The predicted octanol–water partition coefficient (Wildman–Crippen LogP) is 5.91. The Balaban J connectivity index is 1.45. The lowest BCUT2D eigenvalue weighted by Crippen LogP contribution is -2.01. The molecule has 0 radical (unpaired) electrons. The molecule has 5 aromatic rings. The number of rotatable bonds is 5. The van der Waals surface area contributed by atoms with Crippen LogP contribution in [0.4, 0.5) is 5.13 Å².